The van der Waals surface area contributed by atoms with Gasteiger partial charge in [0.1, 0.15) is 11.6 Å². The molecular formula is C13H28O2. The molecule has 0 radical (unpaired) electrons. The van der Waals surface area contributed by atoms with E-state index in [2.05, 4.69) is 0 Å². The number of hydrogen-bond acceptors (Lipinski definition) is 2. The molecule has 0 aliphatic carbocycles. The predicted molar refractivity (Wildman–Crippen MR) is 67.0 cm³/mol. The lowest BCUT2D eigenvalue weighted by Gasteiger charge is -2.11. The van der Waals surface area contributed by atoms with Crippen LogP contribution in [0, 0.1) is 10.8 Å². The minimum atomic E-state index is -0.139. The van der Waals surface area contributed by atoms with Crippen molar-refractivity contribution in [2.24, 2.45) is 10.8 Å². The van der Waals surface area contributed by atoms with Gasteiger partial charge < -0.3 is 0 Å². The van der Waals surface area contributed by atoms with Crippen molar-refractivity contribution in [1.82, 2.24) is 0 Å². The van der Waals surface area contributed by atoms with Gasteiger partial charge in [0, 0.05) is 10.8 Å². The van der Waals surface area contributed by atoms with E-state index < -0.39 is 0 Å². The van der Waals surface area contributed by atoms with Crippen LogP contribution in [-0.4, -0.2) is 11.6 Å². The highest BCUT2D eigenvalue weighted by molar-refractivity contribution is 5.81. The maximum Gasteiger partial charge on any atom is 0.135 e. The smallest absolute Gasteiger partial charge is 0.135 e. The van der Waals surface area contributed by atoms with E-state index in [4.69, 9.17) is 0 Å². The third-order valence-electron chi connectivity index (χ3n) is 2.11. The second kappa shape index (κ2) is 6.76. The highest BCUT2D eigenvalue weighted by atomic mass is 16.1. The molecule has 0 aliphatic rings. The Morgan fingerprint density at radius 3 is 0.733 bits per heavy atom. The van der Waals surface area contributed by atoms with Crippen LogP contribution in [0.15, 0.2) is 0 Å². The molecule has 0 aromatic carbocycles. The standard InChI is InChI=1S/2C6H12O.CH4/c2*1-5(7)6(2,3)4;/h2*1-4H3;1H4. The van der Waals surface area contributed by atoms with Crippen molar-refractivity contribution in [3.05, 3.63) is 0 Å². The molecule has 0 atom stereocenters. The second-order valence-corrected chi connectivity index (χ2v) is 5.61. The highest BCUT2D eigenvalue weighted by Gasteiger charge is 2.15. The summed E-state index contributed by atoms with van der Waals surface area (Å²) in [5.41, 5.74) is -0.278. The molecule has 0 aliphatic heterocycles. The van der Waals surface area contributed by atoms with E-state index in [1.54, 1.807) is 13.8 Å². The van der Waals surface area contributed by atoms with Crippen molar-refractivity contribution in [2.75, 3.05) is 0 Å². The lowest BCUT2D eigenvalue weighted by Crippen LogP contribution is -2.15. The van der Waals surface area contributed by atoms with Crippen molar-refractivity contribution in [3.63, 3.8) is 0 Å². The molecule has 0 heterocycles. The summed E-state index contributed by atoms with van der Waals surface area (Å²) in [6, 6.07) is 0. The van der Waals surface area contributed by atoms with Crippen molar-refractivity contribution in [1.29, 1.82) is 0 Å². The topological polar surface area (TPSA) is 34.1 Å². The number of carbonyl (C=O) groups excluding carboxylic acids is 2. The maximum absolute atomic E-state index is 10.5. The summed E-state index contributed by atoms with van der Waals surface area (Å²) in [4.78, 5) is 20.9. The summed E-state index contributed by atoms with van der Waals surface area (Å²) in [5, 5.41) is 0. The first-order valence-electron chi connectivity index (χ1n) is 4.91. The van der Waals surface area contributed by atoms with E-state index in [9.17, 15) is 9.59 Å². The SMILES string of the molecule is C.CC(=O)C(C)(C)C.CC(=O)C(C)(C)C. The number of ketones is 2. The quantitative estimate of drug-likeness (QED) is 0.616. The first-order valence-corrected chi connectivity index (χ1v) is 4.91. The average Bonchev–Trinajstić information content (AvgIpc) is 1.83. The molecule has 0 unspecified atom stereocenters. The molecule has 0 saturated carbocycles. The lowest BCUT2D eigenvalue weighted by molar-refractivity contribution is -0.124. The zero-order chi connectivity index (χ0) is 12.2. The molecule has 0 bridgehead atoms. The van der Waals surface area contributed by atoms with Gasteiger partial charge in [0.2, 0.25) is 0 Å². The molecule has 0 aromatic heterocycles. The fourth-order valence-corrected chi connectivity index (χ4v) is 0. The van der Waals surface area contributed by atoms with E-state index in [1.807, 2.05) is 41.5 Å². The summed E-state index contributed by atoms with van der Waals surface area (Å²) < 4.78 is 0. The maximum atomic E-state index is 10.5. The van der Waals surface area contributed by atoms with Gasteiger partial charge in [-0.05, 0) is 13.8 Å². The van der Waals surface area contributed by atoms with Crippen molar-refractivity contribution < 1.29 is 9.59 Å². The number of hydrogen-bond donors (Lipinski definition) is 0. The molecule has 92 valence electrons. The van der Waals surface area contributed by atoms with E-state index in [1.165, 1.54) is 0 Å². The summed E-state index contributed by atoms with van der Waals surface area (Å²) >= 11 is 0. The molecule has 0 aromatic rings. The first kappa shape index (κ1) is 19.8. The summed E-state index contributed by atoms with van der Waals surface area (Å²) in [7, 11) is 0. The Labute approximate surface area is 95.5 Å². The van der Waals surface area contributed by atoms with Crippen LogP contribution in [0.4, 0.5) is 0 Å². The molecule has 0 N–H and O–H groups in total. The number of Topliss-reactive ketones (excluding diaryl/α,β-unsaturated/α-hetero) is 2. The third-order valence-corrected chi connectivity index (χ3v) is 2.11. The van der Waals surface area contributed by atoms with Gasteiger partial charge in [0.05, 0.1) is 0 Å². The average molecular weight is 216 g/mol. The van der Waals surface area contributed by atoms with Crippen LogP contribution < -0.4 is 0 Å². The molecule has 2 heteroatoms. The monoisotopic (exact) mass is 216 g/mol. The van der Waals surface area contributed by atoms with Crippen LogP contribution >= 0.6 is 0 Å². The largest absolute Gasteiger partial charge is 0.299 e. The Morgan fingerprint density at radius 2 is 0.733 bits per heavy atom. The molecule has 0 spiro atoms. The van der Waals surface area contributed by atoms with Crippen molar-refractivity contribution in [3.8, 4) is 0 Å². The molecular weight excluding hydrogens is 188 g/mol. The van der Waals surface area contributed by atoms with Gasteiger partial charge in [-0.2, -0.15) is 0 Å². The Bertz CT molecular complexity index is 178. The van der Waals surface area contributed by atoms with Gasteiger partial charge in [-0.1, -0.05) is 49.0 Å². The van der Waals surface area contributed by atoms with Crippen LogP contribution in [0.2, 0.25) is 0 Å². The fourth-order valence-electron chi connectivity index (χ4n) is 0. The molecule has 0 rings (SSSR count). The Hall–Kier alpha value is -0.660. The lowest BCUT2D eigenvalue weighted by atomic mass is 9.92. The van der Waals surface area contributed by atoms with Crippen LogP contribution in [0.5, 0.6) is 0 Å². The zero-order valence-corrected chi connectivity index (χ0v) is 10.8. The molecule has 0 fully saturated rings. The molecule has 15 heavy (non-hydrogen) atoms. The Kier molecular flexibility index (Phi) is 8.94. The third kappa shape index (κ3) is 13.3. The van der Waals surface area contributed by atoms with E-state index in [0.717, 1.165) is 0 Å². The van der Waals surface area contributed by atoms with Crippen LogP contribution in [0.3, 0.4) is 0 Å². The van der Waals surface area contributed by atoms with Crippen molar-refractivity contribution in [2.45, 2.75) is 62.8 Å². The van der Waals surface area contributed by atoms with Gasteiger partial charge >= 0.3 is 0 Å². The van der Waals surface area contributed by atoms with Crippen molar-refractivity contribution >= 4 is 11.6 Å². The predicted octanol–water partition coefficient (Wildman–Crippen LogP) is 3.88. The molecule has 0 amide bonds. The normalized spacial score (nSPS) is 10.7. The van der Waals surface area contributed by atoms with Crippen LogP contribution in [0.25, 0.3) is 0 Å². The number of carbonyl (C=O) groups is 2. The van der Waals surface area contributed by atoms with Gasteiger partial charge in [-0.3, -0.25) is 9.59 Å². The van der Waals surface area contributed by atoms with Gasteiger partial charge in [0.25, 0.3) is 0 Å². The summed E-state index contributed by atoms with van der Waals surface area (Å²) in [6.45, 7) is 14.7. The second-order valence-electron chi connectivity index (χ2n) is 5.61. The Balaban J connectivity index is -0.000000180. The van der Waals surface area contributed by atoms with E-state index >= 15 is 0 Å². The zero-order valence-electron chi connectivity index (χ0n) is 10.8. The Morgan fingerprint density at radius 1 is 0.667 bits per heavy atom. The van der Waals surface area contributed by atoms with Crippen LogP contribution in [0.1, 0.15) is 62.8 Å². The van der Waals surface area contributed by atoms with Crippen LogP contribution in [-0.2, 0) is 9.59 Å². The summed E-state index contributed by atoms with van der Waals surface area (Å²) in [5.74, 6) is 0.486. The molecule has 0 saturated heterocycles. The minimum Gasteiger partial charge on any atom is -0.299 e. The summed E-state index contributed by atoms with van der Waals surface area (Å²) in [6.07, 6.45) is 0. The minimum absolute atomic E-state index is 0. The number of rotatable bonds is 0. The van der Waals surface area contributed by atoms with E-state index in [-0.39, 0.29) is 29.8 Å². The molecule has 2 nitrogen and oxygen atoms in total. The van der Waals surface area contributed by atoms with E-state index in [0.29, 0.717) is 0 Å². The highest BCUT2D eigenvalue weighted by Crippen LogP contribution is 2.13. The van der Waals surface area contributed by atoms with Gasteiger partial charge in [-0.15, -0.1) is 0 Å². The fraction of sp³-hybridized carbons (Fsp3) is 0.846. The van der Waals surface area contributed by atoms with Gasteiger partial charge in [-0.25, -0.2) is 0 Å². The van der Waals surface area contributed by atoms with Gasteiger partial charge in [0.15, 0.2) is 0 Å². The first-order chi connectivity index (χ1) is 5.89.